The molecule has 0 aliphatic rings. The molecule has 0 unspecified atom stereocenters. The van der Waals surface area contributed by atoms with Crippen molar-refractivity contribution in [2.45, 2.75) is 6.54 Å². The van der Waals surface area contributed by atoms with Gasteiger partial charge in [0.05, 0.1) is 11.9 Å². The highest BCUT2D eigenvalue weighted by Crippen LogP contribution is 2.24. The van der Waals surface area contributed by atoms with Crippen LogP contribution < -0.4 is 10.5 Å². The van der Waals surface area contributed by atoms with Gasteiger partial charge in [-0.1, -0.05) is 33.6 Å². The van der Waals surface area contributed by atoms with E-state index in [9.17, 15) is 9.18 Å². The van der Waals surface area contributed by atoms with Gasteiger partial charge in [-0.05, 0) is 17.7 Å². The smallest absolute Gasteiger partial charge is 0.285 e. The van der Waals surface area contributed by atoms with Crippen LogP contribution in [0.4, 0.5) is 10.1 Å². The highest BCUT2D eigenvalue weighted by Gasteiger charge is 2.11. The number of rotatable bonds is 3. The van der Waals surface area contributed by atoms with Crippen molar-refractivity contribution in [3.05, 3.63) is 55.6 Å². The van der Waals surface area contributed by atoms with Gasteiger partial charge in [0.2, 0.25) is 0 Å². The Morgan fingerprint density at radius 3 is 2.95 bits per heavy atom. The van der Waals surface area contributed by atoms with E-state index in [1.165, 1.54) is 18.3 Å². The van der Waals surface area contributed by atoms with Gasteiger partial charge in [-0.25, -0.2) is 9.49 Å². The third kappa shape index (κ3) is 3.13. The largest absolute Gasteiger partial charge is 0.368 e. The van der Waals surface area contributed by atoms with Gasteiger partial charge in [-0.2, -0.15) is 5.10 Å². The molecule has 0 saturated heterocycles. The van der Waals surface area contributed by atoms with E-state index in [2.05, 4.69) is 26.1 Å². The molecule has 0 spiro atoms. The van der Waals surface area contributed by atoms with Crippen molar-refractivity contribution in [1.82, 2.24) is 10.2 Å². The second-order valence-electron chi connectivity index (χ2n) is 3.99. The lowest BCUT2D eigenvalue weighted by Gasteiger charge is -2.20. The molecule has 0 bridgehead atoms. The zero-order valence-corrected chi connectivity index (χ0v) is 12.3. The number of hydrogen-bond acceptors (Lipinski definition) is 3. The van der Waals surface area contributed by atoms with E-state index in [0.717, 1.165) is 5.56 Å². The molecule has 7 heteroatoms. The Hall–Kier alpha value is -1.40. The minimum atomic E-state index is -0.441. The molecule has 1 aromatic heterocycles. The Morgan fingerprint density at radius 2 is 2.26 bits per heavy atom. The van der Waals surface area contributed by atoms with E-state index in [4.69, 9.17) is 11.6 Å². The fourth-order valence-corrected chi connectivity index (χ4v) is 2.34. The van der Waals surface area contributed by atoms with Crippen LogP contribution in [0.3, 0.4) is 0 Å². The van der Waals surface area contributed by atoms with Gasteiger partial charge in [0.1, 0.15) is 10.8 Å². The van der Waals surface area contributed by atoms with E-state index in [-0.39, 0.29) is 10.8 Å². The summed E-state index contributed by atoms with van der Waals surface area (Å²) < 4.78 is 13.7. The summed E-state index contributed by atoms with van der Waals surface area (Å²) in [6.07, 6.45) is 1.47. The number of halogens is 3. The van der Waals surface area contributed by atoms with E-state index in [1.54, 1.807) is 18.0 Å². The molecular weight excluding hydrogens is 337 g/mol. The molecule has 1 aromatic carbocycles. The average Bonchev–Trinajstić information content (AvgIpc) is 2.36. The SMILES string of the molecule is CN(Cc1ccc(F)cc1Br)c1cn[nH]c(=O)c1Cl. The molecule has 0 atom stereocenters. The molecule has 1 N–H and O–H groups in total. The molecule has 0 amide bonds. The Morgan fingerprint density at radius 1 is 1.53 bits per heavy atom. The first kappa shape index (κ1) is 14.0. The summed E-state index contributed by atoms with van der Waals surface area (Å²) in [6.45, 7) is 0.464. The van der Waals surface area contributed by atoms with Gasteiger partial charge >= 0.3 is 0 Å². The van der Waals surface area contributed by atoms with Crippen molar-refractivity contribution >= 4 is 33.2 Å². The number of anilines is 1. The van der Waals surface area contributed by atoms with Crippen LogP contribution in [-0.2, 0) is 6.54 Å². The summed E-state index contributed by atoms with van der Waals surface area (Å²) in [5.41, 5.74) is 0.950. The summed E-state index contributed by atoms with van der Waals surface area (Å²) >= 11 is 9.22. The van der Waals surface area contributed by atoms with Crippen molar-refractivity contribution in [1.29, 1.82) is 0 Å². The highest BCUT2D eigenvalue weighted by molar-refractivity contribution is 9.10. The Labute approximate surface area is 122 Å². The number of aromatic amines is 1. The maximum absolute atomic E-state index is 13.0. The lowest BCUT2D eigenvalue weighted by Crippen LogP contribution is -2.21. The van der Waals surface area contributed by atoms with Crippen molar-refractivity contribution in [3.8, 4) is 0 Å². The Kier molecular flexibility index (Phi) is 4.21. The van der Waals surface area contributed by atoms with Gasteiger partial charge in [0.15, 0.2) is 0 Å². The van der Waals surface area contributed by atoms with Gasteiger partial charge in [-0.15, -0.1) is 0 Å². The maximum Gasteiger partial charge on any atom is 0.285 e. The maximum atomic E-state index is 13.0. The standard InChI is InChI=1S/C12H10BrClFN3O/c1-18(10-5-16-17-12(19)11(10)14)6-7-2-3-8(15)4-9(7)13/h2-5H,6H2,1H3,(H,17,19). The quantitative estimate of drug-likeness (QED) is 0.929. The van der Waals surface area contributed by atoms with Crippen molar-refractivity contribution in [2.75, 3.05) is 11.9 Å². The lowest BCUT2D eigenvalue weighted by atomic mass is 10.2. The first-order valence-electron chi connectivity index (χ1n) is 5.37. The second-order valence-corrected chi connectivity index (χ2v) is 5.22. The summed E-state index contributed by atoms with van der Waals surface area (Å²) in [4.78, 5) is 13.1. The monoisotopic (exact) mass is 345 g/mol. The molecule has 100 valence electrons. The predicted molar refractivity (Wildman–Crippen MR) is 76.1 cm³/mol. The molecule has 2 aromatic rings. The number of nitrogens with zero attached hydrogens (tertiary/aromatic N) is 2. The first-order chi connectivity index (χ1) is 8.99. The number of nitrogens with one attached hydrogen (secondary N) is 1. The fourth-order valence-electron chi connectivity index (χ4n) is 1.63. The minimum Gasteiger partial charge on any atom is -0.368 e. The molecule has 19 heavy (non-hydrogen) atoms. The number of H-pyrrole nitrogens is 1. The average molecular weight is 347 g/mol. The van der Waals surface area contributed by atoms with Gasteiger partial charge in [0, 0.05) is 18.1 Å². The number of benzene rings is 1. The topological polar surface area (TPSA) is 49.0 Å². The summed E-state index contributed by atoms with van der Waals surface area (Å²) in [5, 5.41) is 6.04. The van der Waals surface area contributed by atoms with Crippen LogP contribution in [-0.4, -0.2) is 17.2 Å². The van der Waals surface area contributed by atoms with Gasteiger partial charge < -0.3 is 4.90 Å². The van der Waals surface area contributed by atoms with E-state index >= 15 is 0 Å². The third-order valence-corrected chi connectivity index (χ3v) is 3.71. The molecule has 0 fully saturated rings. The van der Waals surface area contributed by atoms with Crippen LogP contribution in [0.15, 0.2) is 33.7 Å². The summed E-state index contributed by atoms with van der Waals surface area (Å²) in [7, 11) is 1.78. The fraction of sp³-hybridized carbons (Fsp3) is 0.167. The van der Waals surface area contributed by atoms with Gasteiger partial charge in [0.25, 0.3) is 5.56 Å². The molecular formula is C12H10BrClFN3O. The van der Waals surface area contributed by atoms with Crippen molar-refractivity contribution < 1.29 is 4.39 Å². The zero-order valence-electron chi connectivity index (χ0n) is 9.95. The van der Waals surface area contributed by atoms with Crippen molar-refractivity contribution in [2.24, 2.45) is 0 Å². The molecule has 1 heterocycles. The number of hydrogen-bond donors (Lipinski definition) is 1. The highest BCUT2D eigenvalue weighted by atomic mass is 79.9. The van der Waals surface area contributed by atoms with Crippen molar-refractivity contribution in [3.63, 3.8) is 0 Å². The van der Waals surface area contributed by atoms with Crippen LogP contribution in [0, 0.1) is 5.82 Å². The normalized spacial score (nSPS) is 10.5. The Balaban J connectivity index is 2.28. The molecule has 0 radical (unpaired) electrons. The third-order valence-electron chi connectivity index (χ3n) is 2.61. The molecule has 0 aliphatic heterocycles. The molecule has 2 rings (SSSR count). The zero-order chi connectivity index (χ0) is 14.0. The minimum absolute atomic E-state index is 0.0794. The summed E-state index contributed by atoms with van der Waals surface area (Å²) in [6, 6.07) is 4.44. The van der Waals surface area contributed by atoms with Crippen LogP contribution in [0.5, 0.6) is 0 Å². The lowest BCUT2D eigenvalue weighted by molar-refractivity contribution is 0.625. The van der Waals surface area contributed by atoms with E-state index < -0.39 is 5.56 Å². The first-order valence-corrected chi connectivity index (χ1v) is 6.54. The van der Waals surface area contributed by atoms with Crippen LogP contribution in [0.2, 0.25) is 5.02 Å². The molecule has 0 aliphatic carbocycles. The van der Waals surface area contributed by atoms with Crippen LogP contribution in [0.1, 0.15) is 5.56 Å². The predicted octanol–water partition coefficient (Wildman–Crippen LogP) is 2.96. The number of aromatic nitrogens is 2. The Bertz CT molecular complexity index is 662. The van der Waals surface area contributed by atoms with Crippen LogP contribution in [0.25, 0.3) is 0 Å². The molecule has 0 saturated carbocycles. The van der Waals surface area contributed by atoms with E-state index in [1.807, 2.05) is 0 Å². The summed E-state index contributed by atoms with van der Waals surface area (Å²) in [5.74, 6) is -0.311. The van der Waals surface area contributed by atoms with E-state index in [0.29, 0.717) is 16.7 Å². The molecule has 4 nitrogen and oxygen atoms in total. The van der Waals surface area contributed by atoms with Gasteiger partial charge in [-0.3, -0.25) is 4.79 Å². The van der Waals surface area contributed by atoms with Crippen LogP contribution >= 0.6 is 27.5 Å². The second kappa shape index (κ2) is 5.71.